The topological polar surface area (TPSA) is 186 Å². The van der Waals surface area contributed by atoms with Crippen LogP contribution in [0.5, 0.6) is 0 Å². The van der Waals surface area contributed by atoms with Crippen LogP contribution in [0, 0.1) is 35.5 Å². The number of esters is 2. The third kappa shape index (κ3) is 8.95. The van der Waals surface area contributed by atoms with Gasteiger partial charge in [0.15, 0.2) is 23.5 Å². The predicted molar refractivity (Wildman–Crippen MR) is 192 cm³/mol. The zero-order valence-electron chi connectivity index (χ0n) is 32.6. The SMILES string of the molecule is CC[C@@H]1OC(=O)[C@H](C)C(=O)[C@H](C)[C@@H](OC2O[C@H](C)C[C@H](N(C)C)[C@H]2O)[C@](C)(OC)C[C@@H](C)C(=O)[C@H](C)[C@H]2[C@H](/C(N)=N/OC(C)PC)C(=O)O[C@]21C. The lowest BCUT2D eigenvalue weighted by Gasteiger charge is -2.47. The lowest BCUT2D eigenvalue weighted by Crippen LogP contribution is -2.59. The minimum Gasteiger partial charge on any atom is -0.458 e. The number of ketones is 2. The Kier molecular flexibility index (Phi) is 14.6. The number of Topliss-reactive ketones (excluding diaryl/α,β-unsaturated/α-hetero) is 2. The molecule has 3 heterocycles. The van der Waals surface area contributed by atoms with Crippen molar-refractivity contribution in [2.24, 2.45) is 46.4 Å². The van der Waals surface area contributed by atoms with E-state index in [1.165, 1.54) is 14.0 Å². The molecule has 0 bridgehead atoms. The zero-order chi connectivity index (χ0) is 38.7. The van der Waals surface area contributed by atoms with E-state index in [1.54, 1.807) is 41.5 Å². The van der Waals surface area contributed by atoms with Crippen LogP contribution in [0.15, 0.2) is 5.16 Å². The van der Waals surface area contributed by atoms with Crippen LogP contribution in [0.2, 0.25) is 0 Å². The molecule has 3 aliphatic heterocycles. The van der Waals surface area contributed by atoms with E-state index in [1.807, 2.05) is 39.5 Å². The number of amidine groups is 1. The summed E-state index contributed by atoms with van der Waals surface area (Å²) in [6.45, 7) is 17.4. The minimum absolute atomic E-state index is 0.0883. The van der Waals surface area contributed by atoms with Crippen LogP contribution in [-0.4, -0.2) is 121 Å². The normalized spacial score (nSPS) is 42.8. The van der Waals surface area contributed by atoms with Crippen molar-refractivity contribution in [3.8, 4) is 0 Å². The molecule has 0 spiro atoms. The van der Waals surface area contributed by atoms with Gasteiger partial charge in [0, 0.05) is 36.8 Å². The second-order valence-electron chi connectivity index (χ2n) is 15.3. The first kappa shape index (κ1) is 43.2. The van der Waals surface area contributed by atoms with Gasteiger partial charge in [-0.25, -0.2) is 0 Å². The maximum Gasteiger partial charge on any atom is 0.317 e. The highest BCUT2D eigenvalue weighted by Crippen LogP contribution is 2.48. The van der Waals surface area contributed by atoms with Crippen LogP contribution in [0.3, 0.4) is 0 Å². The van der Waals surface area contributed by atoms with E-state index in [0.717, 1.165) is 0 Å². The van der Waals surface area contributed by atoms with Crippen LogP contribution in [0.1, 0.15) is 81.6 Å². The Hall–Kier alpha value is -2.22. The number of hydrogen-bond acceptors (Lipinski definition) is 13. The van der Waals surface area contributed by atoms with Crippen LogP contribution in [0.25, 0.3) is 0 Å². The molecule has 0 aromatic rings. The van der Waals surface area contributed by atoms with Crippen LogP contribution >= 0.6 is 8.58 Å². The van der Waals surface area contributed by atoms with Crippen LogP contribution in [-0.2, 0) is 47.7 Å². The molecule has 0 aromatic heterocycles. The summed E-state index contributed by atoms with van der Waals surface area (Å²) < 4.78 is 30.8. The van der Waals surface area contributed by atoms with Crippen LogP contribution < -0.4 is 5.73 Å². The van der Waals surface area contributed by atoms with Gasteiger partial charge < -0.3 is 44.3 Å². The molecule has 51 heavy (non-hydrogen) atoms. The summed E-state index contributed by atoms with van der Waals surface area (Å²) in [6.07, 6.45) is -3.69. The number of cyclic esters (lactones) is 1. The molecule has 3 rings (SSSR count). The molecule has 3 N–H and O–H groups in total. The lowest BCUT2D eigenvalue weighted by molar-refractivity contribution is -0.295. The largest absolute Gasteiger partial charge is 0.458 e. The number of ether oxygens (including phenoxy) is 5. The highest BCUT2D eigenvalue weighted by atomic mass is 31.1. The second-order valence-corrected chi connectivity index (χ2v) is 16.7. The number of carbonyl (C=O) groups is 4. The van der Waals surface area contributed by atoms with Gasteiger partial charge in [-0.15, -0.1) is 0 Å². The third-order valence-electron chi connectivity index (χ3n) is 11.4. The first-order valence-electron chi connectivity index (χ1n) is 18.1. The Balaban J connectivity index is 2.16. The lowest BCUT2D eigenvalue weighted by atomic mass is 9.67. The fourth-order valence-corrected chi connectivity index (χ4v) is 8.35. The van der Waals surface area contributed by atoms with E-state index in [9.17, 15) is 24.3 Å². The summed E-state index contributed by atoms with van der Waals surface area (Å²) in [4.78, 5) is 63.7. The number of oxime groups is 1. The number of fused-ring (bicyclic) bond motifs is 1. The average Bonchev–Trinajstić information content (AvgIpc) is 3.36. The van der Waals surface area contributed by atoms with Gasteiger partial charge in [-0.1, -0.05) is 41.4 Å². The summed E-state index contributed by atoms with van der Waals surface area (Å²) in [5.41, 5.74) is 3.63. The van der Waals surface area contributed by atoms with Gasteiger partial charge in [0.2, 0.25) is 0 Å². The number of likely N-dealkylation sites (N-methyl/N-ethyl adjacent to an activating group) is 1. The van der Waals surface area contributed by atoms with Crippen molar-refractivity contribution < 1.29 is 52.8 Å². The summed E-state index contributed by atoms with van der Waals surface area (Å²) >= 11 is 0. The minimum atomic E-state index is -1.50. The Bertz CT molecular complexity index is 1300. The summed E-state index contributed by atoms with van der Waals surface area (Å²) in [5, 5.41) is 15.4. The number of nitrogens with zero attached hydrogens (tertiary/aromatic N) is 2. The molecule has 15 heteroatoms. The molecule has 0 saturated carbocycles. The molecular formula is C36H62N3O11P. The number of nitrogens with two attached hydrogens (primary N) is 1. The molecule has 3 saturated heterocycles. The van der Waals surface area contributed by atoms with E-state index in [-0.39, 0.29) is 42.5 Å². The van der Waals surface area contributed by atoms with Gasteiger partial charge in [-0.3, -0.25) is 19.2 Å². The van der Waals surface area contributed by atoms with Crippen molar-refractivity contribution in [3.63, 3.8) is 0 Å². The first-order chi connectivity index (χ1) is 23.7. The third-order valence-corrected chi connectivity index (χ3v) is 12.3. The van der Waals surface area contributed by atoms with Crippen LogP contribution in [0.4, 0.5) is 0 Å². The molecule has 16 atom stereocenters. The second kappa shape index (κ2) is 17.3. The van der Waals surface area contributed by atoms with E-state index in [0.29, 0.717) is 15.0 Å². The molecule has 0 radical (unpaired) electrons. The van der Waals surface area contributed by atoms with E-state index in [2.05, 4.69) is 5.16 Å². The summed E-state index contributed by atoms with van der Waals surface area (Å²) in [7, 11) is 5.59. The van der Waals surface area contributed by atoms with Crippen molar-refractivity contribution >= 4 is 37.9 Å². The van der Waals surface area contributed by atoms with E-state index in [4.69, 9.17) is 34.3 Å². The van der Waals surface area contributed by atoms with E-state index < -0.39 is 89.0 Å². The van der Waals surface area contributed by atoms with Gasteiger partial charge in [0.1, 0.15) is 35.7 Å². The number of aliphatic hydroxyl groups excluding tert-OH is 1. The van der Waals surface area contributed by atoms with Gasteiger partial charge >= 0.3 is 11.9 Å². The predicted octanol–water partition coefficient (Wildman–Crippen LogP) is 3.10. The molecule has 0 aliphatic carbocycles. The molecule has 0 amide bonds. The molecular weight excluding hydrogens is 681 g/mol. The molecule has 3 aliphatic rings. The van der Waals surface area contributed by atoms with Crippen molar-refractivity contribution in [2.75, 3.05) is 27.9 Å². The van der Waals surface area contributed by atoms with Gasteiger partial charge in [-0.05, 0) is 74.6 Å². The van der Waals surface area contributed by atoms with Crippen molar-refractivity contribution in [2.45, 2.75) is 135 Å². The molecule has 0 aromatic carbocycles. The van der Waals surface area contributed by atoms with E-state index >= 15 is 0 Å². The Labute approximate surface area is 304 Å². The quantitative estimate of drug-likeness (QED) is 0.0878. The van der Waals surface area contributed by atoms with Gasteiger partial charge in [0.05, 0.1) is 17.8 Å². The molecule has 3 fully saturated rings. The van der Waals surface area contributed by atoms with Gasteiger partial charge in [-0.2, -0.15) is 0 Å². The highest BCUT2D eigenvalue weighted by Gasteiger charge is 2.62. The Morgan fingerprint density at radius 3 is 2.25 bits per heavy atom. The molecule has 14 nitrogen and oxygen atoms in total. The Morgan fingerprint density at radius 2 is 1.71 bits per heavy atom. The monoisotopic (exact) mass is 743 g/mol. The van der Waals surface area contributed by atoms with Gasteiger partial charge in [0.25, 0.3) is 0 Å². The fraction of sp³-hybridized carbons (Fsp3) is 0.861. The molecule has 292 valence electrons. The number of aliphatic hydroxyl groups is 1. The number of hydrogen-bond donors (Lipinski definition) is 2. The summed E-state index contributed by atoms with van der Waals surface area (Å²) in [6, 6.07) is -0.288. The smallest absolute Gasteiger partial charge is 0.317 e. The van der Waals surface area contributed by atoms with Crippen molar-refractivity contribution in [3.05, 3.63) is 0 Å². The Morgan fingerprint density at radius 1 is 1.08 bits per heavy atom. The zero-order valence-corrected chi connectivity index (χ0v) is 33.6. The maximum atomic E-state index is 14.5. The fourth-order valence-electron chi connectivity index (χ4n) is 8.19. The first-order valence-corrected chi connectivity index (χ1v) is 19.6. The number of carbonyl (C=O) groups excluding carboxylic acids is 4. The number of methoxy groups -OCH3 is 1. The molecule has 3 unspecified atom stereocenters. The summed E-state index contributed by atoms with van der Waals surface area (Å²) in [5.74, 6) is -8.48. The van der Waals surface area contributed by atoms with Crippen molar-refractivity contribution in [1.29, 1.82) is 0 Å². The standard InChI is InChI=1S/C36H62N3O11P/c1-14-24-36(9)26(25(33(44)49-36)31(37)38-50-22(7)51-13)19(4)27(40)17(2)16-35(8,45-12)30(20(5)28(41)21(6)32(43)47-24)48-34-29(42)23(39(10)11)15-18(3)46-34/h17-26,29-30,34,42,51H,14-16H2,1-13H3,(H2,37,38)/t17-,18-,19-,20+,21-,22?,23+,24+,25-,26+,29-,30-,34?,35-,36+/m1/s1. The van der Waals surface area contributed by atoms with Crippen molar-refractivity contribution in [1.82, 2.24) is 4.90 Å². The average molecular weight is 744 g/mol. The maximum absolute atomic E-state index is 14.5. The number of rotatable bonds is 9. The highest BCUT2D eigenvalue weighted by molar-refractivity contribution is 7.37.